The zero-order valence-corrected chi connectivity index (χ0v) is 8.02. The molecular formula is C8H7IN2. The third-order valence-electron chi connectivity index (χ3n) is 1.62. The van der Waals surface area contributed by atoms with Crippen LogP contribution in [0.3, 0.4) is 0 Å². The van der Waals surface area contributed by atoms with Crippen molar-refractivity contribution in [3.05, 3.63) is 36.2 Å². The van der Waals surface area contributed by atoms with Crippen LogP contribution in [0.4, 0.5) is 0 Å². The van der Waals surface area contributed by atoms with Crippen molar-refractivity contribution in [3.63, 3.8) is 0 Å². The van der Waals surface area contributed by atoms with Gasteiger partial charge in [-0.25, -0.2) is 4.52 Å². The van der Waals surface area contributed by atoms with Gasteiger partial charge in [-0.05, 0) is 23.8 Å². The van der Waals surface area contributed by atoms with Gasteiger partial charge in [0.1, 0.15) is 0 Å². The molecule has 0 saturated heterocycles. The normalized spacial score (nSPS) is 10.6. The van der Waals surface area contributed by atoms with Crippen LogP contribution >= 0.6 is 22.6 Å². The van der Waals surface area contributed by atoms with Crippen molar-refractivity contribution in [3.8, 4) is 0 Å². The number of aromatic nitrogens is 2. The van der Waals surface area contributed by atoms with Crippen molar-refractivity contribution in [2.24, 2.45) is 0 Å². The molecule has 0 aliphatic heterocycles. The van der Waals surface area contributed by atoms with Gasteiger partial charge < -0.3 is 0 Å². The van der Waals surface area contributed by atoms with Gasteiger partial charge in [-0.3, -0.25) is 0 Å². The lowest BCUT2D eigenvalue weighted by Crippen LogP contribution is -1.86. The number of alkyl halides is 1. The largest absolute Gasteiger partial charge is 0.241 e. The Morgan fingerprint density at radius 1 is 1.45 bits per heavy atom. The maximum Gasteiger partial charge on any atom is 0.0664 e. The molecule has 2 nitrogen and oxygen atoms in total. The predicted octanol–water partition coefficient (Wildman–Crippen LogP) is 2.27. The van der Waals surface area contributed by atoms with E-state index < -0.39 is 0 Å². The molecule has 0 bridgehead atoms. The molecule has 0 N–H and O–H groups in total. The summed E-state index contributed by atoms with van der Waals surface area (Å²) in [5, 5.41) is 4.11. The van der Waals surface area contributed by atoms with Gasteiger partial charge in [-0.2, -0.15) is 5.10 Å². The highest BCUT2D eigenvalue weighted by Crippen LogP contribution is 2.09. The van der Waals surface area contributed by atoms with Crippen LogP contribution in [-0.2, 0) is 4.43 Å². The van der Waals surface area contributed by atoms with E-state index in [9.17, 15) is 0 Å². The fraction of sp³-hybridized carbons (Fsp3) is 0.125. The van der Waals surface area contributed by atoms with Gasteiger partial charge in [-0.1, -0.05) is 22.6 Å². The van der Waals surface area contributed by atoms with Gasteiger partial charge in [0.15, 0.2) is 0 Å². The molecule has 11 heavy (non-hydrogen) atoms. The molecule has 0 aliphatic carbocycles. The Bertz CT molecular complexity index is 367. The van der Waals surface area contributed by atoms with Gasteiger partial charge in [0.05, 0.1) is 5.52 Å². The van der Waals surface area contributed by atoms with Gasteiger partial charge in [0.2, 0.25) is 0 Å². The maximum atomic E-state index is 4.11. The van der Waals surface area contributed by atoms with E-state index in [1.54, 1.807) is 0 Å². The molecule has 0 aliphatic rings. The standard InChI is InChI=1S/C8H7IN2/c9-6-7-2-4-11-8(5-7)1-3-10-11/h1-5H,6H2. The summed E-state index contributed by atoms with van der Waals surface area (Å²) in [7, 11) is 0. The van der Waals surface area contributed by atoms with E-state index >= 15 is 0 Å². The number of hydrogen-bond donors (Lipinski definition) is 0. The highest BCUT2D eigenvalue weighted by Gasteiger charge is 1.93. The lowest BCUT2D eigenvalue weighted by Gasteiger charge is -1.95. The highest BCUT2D eigenvalue weighted by atomic mass is 127. The van der Waals surface area contributed by atoms with Crippen LogP contribution in [-0.4, -0.2) is 9.61 Å². The summed E-state index contributed by atoms with van der Waals surface area (Å²) in [6.45, 7) is 0. The highest BCUT2D eigenvalue weighted by molar-refractivity contribution is 14.1. The van der Waals surface area contributed by atoms with E-state index in [0.29, 0.717) is 0 Å². The molecule has 2 aromatic rings. The first kappa shape index (κ1) is 7.09. The molecule has 0 unspecified atom stereocenters. The van der Waals surface area contributed by atoms with Crippen molar-refractivity contribution in [2.45, 2.75) is 4.43 Å². The van der Waals surface area contributed by atoms with Crippen LogP contribution < -0.4 is 0 Å². The van der Waals surface area contributed by atoms with Gasteiger partial charge >= 0.3 is 0 Å². The minimum absolute atomic E-state index is 1.06. The van der Waals surface area contributed by atoms with Gasteiger partial charge in [0.25, 0.3) is 0 Å². The van der Waals surface area contributed by atoms with Crippen LogP contribution in [0.15, 0.2) is 30.6 Å². The first-order valence-electron chi connectivity index (χ1n) is 3.38. The second kappa shape index (κ2) is 2.81. The number of rotatable bonds is 1. The van der Waals surface area contributed by atoms with Gasteiger partial charge in [-0.15, -0.1) is 0 Å². The second-order valence-electron chi connectivity index (χ2n) is 2.37. The number of fused-ring (bicyclic) bond motifs is 1. The molecule has 2 rings (SSSR count). The Labute approximate surface area is 78.4 Å². The van der Waals surface area contributed by atoms with Crippen LogP contribution in [0.25, 0.3) is 5.52 Å². The van der Waals surface area contributed by atoms with E-state index in [4.69, 9.17) is 0 Å². The van der Waals surface area contributed by atoms with E-state index in [0.717, 1.165) is 4.43 Å². The molecule has 0 atom stereocenters. The minimum Gasteiger partial charge on any atom is -0.241 e. The summed E-state index contributed by atoms with van der Waals surface area (Å²) >= 11 is 2.35. The Morgan fingerprint density at radius 2 is 2.36 bits per heavy atom. The van der Waals surface area contributed by atoms with Crippen molar-refractivity contribution < 1.29 is 0 Å². The van der Waals surface area contributed by atoms with Crippen molar-refractivity contribution in [1.29, 1.82) is 0 Å². The lowest BCUT2D eigenvalue weighted by molar-refractivity contribution is 0.957. The Morgan fingerprint density at radius 3 is 3.18 bits per heavy atom. The Kier molecular flexibility index (Phi) is 1.81. The SMILES string of the molecule is ICc1ccn2nccc2c1. The topological polar surface area (TPSA) is 17.3 Å². The molecule has 2 heterocycles. The van der Waals surface area contributed by atoms with Crippen LogP contribution in [0.5, 0.6) is 0 Å². The van der Waals surface area contributed by atoms with Crippen LogP contribution in [0.1, 0.15) is 5.56 Å². The van der Waals surface area contributed by atoms with Crippen molar-refractivity contribution >= 4 is 28.1 Å². The van der Waals surface area contributed by atoms with Crippen molar-refractivity contribution in [1.82, 2.24) is 9.61 Å². The second-order valence-corrected chi connectivity index (χ2v) is 3.13. The minimum atomic E-state index is 1.06. The van der Waals surface area contributed by atoms with Crippen LogP contribution in [0, 0.1) is 0 Å². The molecule has 3 heteroatoms. The molecule has 56 valence electrons. The molecule has 2 aromatic heterocycles. The van der Waals surface area contributed by atoms with Crippen LogP contribution in [0.2, 0.25) is 0 Å². The number of nitrogens with zero attached hydrogens (tertiary/aromatic N) is 2. The fourth-order valence-electron chi connectivity index (χ4n) is 1.05. The monoisotopic (exact) mass is 258 g/mol. The number of pyridine rings is 1. The average molecular weight is 258 g/mol. The Hall–Kier alpha value is -0.580. The quantitative estimate of drug-likeness (QED) is 0.566. The van der Waals surface area contributed by atoms with E-state index in [1.165, 1.54) is 11.1 Å². The summed E-state index contributed by atoms with van der Waals surface area (Å²) in [5.74, 6) is 0. The summed E-state index contributed by atoms with van der Waals surface area (Å²) < 4.78 is 2.93. The first-order valence-corrected chi connectivity index (χ1v) is 4.91. The van der Waals surface area contributed by atoms with E-state index in [-0.39, 0.29) is 0 Å². The van der Waals surface area contributed by atoms with Crippen molar-refractivity contribution in [2.75, 3.05) is 0 Å². The smallest absolute Gasteiger partial charge is 0.0664 e. The summed E-state index contributed by atoms with van der Waals surface area (Å²) in [4.78, 5) is 0. The molecular weight excluding hydrogens is 251 g/mol. The zero-order valence-electron chi connectivity index (χ0n) is 5.87. The predicted molar refractivity (Wildman–Crippen MR) is 52.9 cm³/mol. The molecule has 0 aromatic carbocycles. The molecule has 0 spiro atoms. The van der Waals surface area contributed by atoms with E-state index in [1.807, 2.05) is 23.0 Å². The molecule has 0 radical (unpaired) electrons. The average Bonchev–Trinajstić information content (AvgIpc) is 2.50. The van der Waals surface area contributed by atoms with Gasteiger partial charge in [0, 0.05) is 16.8 Å². The zero-order chi connectivity index (χ0) is 7.68. The first-order chi connectivity index (χ1) is 5.40. The molecule has 0 saturated carbocycles. The number of hydrogen-bond acceptors (Lipinski definition) is 1. The Balaban J connectivity index is 2.67. The third kappa shape index (κ3) is 1.24. The lowest BCUT2D eigenvalue weighted by atomic mass is 10.3. The summed E-state index contributed by atoms with van der Waals surface area (Å²) in [6.07, 6.45) is 3.80. The summed E-state index contributed by atoms with van der Waals surface area (Å²) in [5.41, 5.74) is 2.51. The maximum absolute atomic E-state index is 4.11. The summed E-state index contributed by atoms with van der Waals surface area (Å²) in [6, 6.07) is 6.25. The fourth-order valence-corrected chi connectivity index (χ4v) is 1.53. The molecule has 0 fully saturated rings. The van der Waals surface area contributed by atoms with E-state index in [2.05, 4.69) is 39.8 Å². The molecule has 0 amide bonds. The third-order valence-corrected chi connectivity index (χ3v) is 2.50. The number of halogens is 1.